The Bertz CT molecular complexity index is 3480. The van der Waals surface area contributed by atoms with Crippen LogP contribution in [0.4, 0.5) is 0 Å². The molecular formula is C61H73N13O8S2. The van der Waals surface area contributed by atoms with Gasteiger partial charge < -0.3 is 64.4 Å². The zero-order valence-electron chi connectivity index (χ0n) is 47.1. The van der Waals surface area contributed by atoms with Gasteiger partial charge in [0, 0.05) is 77.4 Å². The summed E-state index contributed by atoms with van der Waals surface area (Å²) in [4.78, 5) is 127. The normalized spacial score (nSPS) is 20.6. The predicted octanol–water partition coefficient (Wildman–Crippen LogP) is 3.24. The molecular weight excluding hydrogens is 1110 g/mol. The lowest BCUT2D eigenvalue weighted by molar-refractivity contribution is -0.136. The number of benzene rings is 4. The van der Waals surface area contributed by atoms with Crippen LogP contribution >= 0.6 is 21.6 Å². The smallest absolute Gasteiger partial charge is 0.244 e. The number of aromatic nitrogens is 3. The molecule has 0 spiro atoms. The number of carbonyl (C=O) groups is 8. The van der Waals surface area contributed by atoms with E-state index in [1.807, 2.05) is 91.0 Å². The third-order valence-corrected chi connectivity index (χ3v) is 17.1. The number of rotatable bonds is 17. The first-order valence-corrected chi connectivity index (χ1v) is 30.4. The van der Waals surface area contributed by atoms with Crippen LogP contribution in [0.3, 0.4) is 0 Å². The van der Waals surface area contributed by atoms with Gasteiger partial charge in [-0.05, 0) is 88.9 Å². The highest BCUT2D eigenvalue weighted by molar-refractivity contribution is 8.76. The van der Waals surface area contributed by atoms with Crippen LogP contribution in [0.1, 0.15) is 62.3 Å². The number of amides is 8. The number of nitrogens with one attached hydrogen (secondary N) is 9. The van der Waals surface area contributed by atoms with Crippen LogP contribution in [0.5, 0.6) is 0 Å². The molecule has 1 saturated heterocycles. The number of hydrogen-bond donors (Lipinski definition) is 12. The summed E-state index contributed by atoms with van der Waals surface area (Å²) in [7, 11) is 2.16. The molecule has 15 N–H and O–H groups in total. The van der Waals surface area contributed by atoms with E-state index in [0.29, 0.717) is 36.1 Å². The molecule has 3 aromatic heterocycles. The van der Waals surface area contributed by atoms with Crippen molar-refractivity contribution in [2.75, 3.05) is 18.1 Å². The molecule has 7 aromatic rings. The Morgan fingerprint density at radius 1 is 0.655 bits per heavy atom. The molecule has 4 heterocycles. The van der Waals surface area contributed by atoms with Crippen LogP contribution in [0, 0.1) is 5.41 Å². The molecule has 8 amide bonds. The molecule has 1 aliphatic rings. The van der Waals surface area contributed by atoms with Gasteiger partial charge >= 0.3 is 0 Å². The second kappa shape index (κ2) is 28.8. The minimum absolute atomic E-state index is 0.0216. The van der Waals surface area contributed by atoms with Crippen LogP contribution in [0.15, 0.2) is 128 Å². The van der Waals surface area contributed by atoms with Crippen molar-refractivity contribution in [2.45, 2.75) is 114 Å². The Balaban J connectivity index is 1.15. The zero-order chi connectivity index (χ0) is 59.9. The van der Waals surface area contributed by atoms with Crippen molar-refractivity contribution in [2.24, 2.45) is 22.6 Å². The second-order valence-corrected chi connectivity index (χ2v) is 24.7. The highest BCUT2D eigenvalue weighted by Gasteiger charge is 2.39. The van der Waals surface area contributed by atoms with E-state index in [2.05, 4.69) is 52.2 Å². The largest absolute Gasteiger partial charge is 0.368 e. The highest BCUT2D eigenvalue weighted by Crippen LogP contribution is 2.27. The van der Waals surface area contributed by atoms with E-state index in [1.54, 1.807) is 51.5 Å². The topological polar surface area (TPSA) is 343 Å². The zero-order valence-corrected chi connectivity index (χ0v) is 48.7. The number of fused-ring (bicyclic) bond motifs is 3. The molecule has 0 aliphatic carbocycles. The second-order valence-electron chi connectivity index (χ2n) is 22.1. The van der Waals surface area contributed by atoms with Crippen LogP contribution in [0.2, 0.25) is 0 Å². The van der Waals surface area contributed by atoms with E-state index in [1.165, 1.54) is 6.20 Å². The first-order valence-electron chi connectivity index (χ1n) is 27.9. The van der Waals surface area contributed by atoms with E-state index >= 15 is 0 Å². The molecule has 8 atom stereocenters. The number of nitrogens with two attached hydrogens (primary N) is 3. The monoisotopic (exact) mass is 1180 g/mol. The molecule has 0 saturated carbocycles. The molecule has 8 rings (SSSR count). The van der Waals surface area contributed by atoms with Crippen LogP contribution in [-0.4, -0.2) is 129 Å². The molecule has 1 fully saturated rings. The van der Waals surface area contributed by atoms with Crippen molar-refractivity contribution in [3.05, 3.63) is 150 Å². The maximum Gasteiger partial charge on any atom is 0.244 e. The fraction of sp³-hybridized carbons (Fsp3) is 0.361. The van der Waals surface area contributed by atoms with E-state index < -0.39 is 101 Å². The van der Waals surface area contributed by atoms with Gasteiger partial charge in [-0.2, -0.15) is 0 Å². The van der Waals surface area contributed by atoms with Crippen LogP contribution < -0.4 is 54.4 Å². The Morgan fingerprint density at radius 2 is 1.27 bits per heavy atom. The Labute approximate surface area is 494 Å². The van der Waals surface area contributed by atoms with Gasteiger partial charge in [0.25, 0.3) is 0 Å². The summed E-state index contributed by atoms with van der Waals surface area (Å²) < 4.78 is 0. The fourth-order valence-electron chi connectivity index (χ4n) is 10.0. The Morgan fingerprint density at radius 3 is 1.95 bits per heavy atom. The Hall–Kier alpha value is -8.25. The van der Waals surface area contributed by atoms with Crippen LogP contribution in [-0.2, 0) is 64.0 Å². The lowest BCUT2D eigenvalue weighted by Gasteiger charge is -2.33. The van der Waals surface area contributed by atoms with Gasteiger partial charge in [-0.15, -0.1) is 0 Å². The van der Waals surface area contributed by atoms with Gasteiger partial charge in [0.05, 0.1) is 6.04 Å². The SMILES string of the molecule is CC(C)(C)[C@@H]1NC(=O)[C@H](CCCCN)NC(=O)[C@@H](Cc2c[nH]c3ccccc23)NC(=O)[C@H](Cc2cccnc2)NC(=O)[C@H](NC(=O)[C@@H](N)Cc2c[nH]c3ccccc23)CSSC[C@@H](C(=O)N[C@@H](Cc2ccc3ccccc3c2)C(N)=O)NC1=O. The van der Waals surface area contributed by atoms with Gasteiger partial charge in [0.1, 0.15) is 42.3 Å². The van der Waals surface area contributed by atoms with Crippen molar-refractivity contribution in [1.29, 1.82) is 0 Å². The van der Waals surface area contributed by atoms with Gasteiger partial charge in [-0.25, -0.2) is 0 Å². The molecule has 4 aromatic carbocycles. The lowest BCUT2D eigenvalue weighted by Crippen LogP contribution is -2.63. The van der Waals surface area contributed by atoms with Gasteiger partial charge in [0.2, 0.25) is 47.3 Å². The highest BCUT2D eigenvalue weighted by atomic mass is 33.1. The number of H-pyrrole nitrogens is 2. The number of pyridine rings is 1. The summed E-state index contributed by atoms with van der Waals surface area (Å²) in [5.41, 5.74) is 21.8. The first kappa shape index (κ1) is 61.8. The molecule has 84 heavy (non-hydrogen) atoms. The maximum atomic E-state index is 15.0. The number of unbranched alkanes of at least 4 members (excludes halogenated alkanes) is 1. The summed E-state index contributed by atoms with van der Waals surface area (Å²) in [6.45, 7) is 5.47. The van der Waals surface area contributed by atoms with Crippen molar-refractivity contribution >= 4 is 101 Å². The lowest BCUT2D eigenvalue weighted by atomic mass is 9.85. The molecule has 442 valence electrons. The summed E-state index contributed by atoms with van der Waals surface area (Å²) in [6, 6.07) is 21.3. The standard InChI is InChI=1S/C61H73N13O8S2/c1-61(2,3)52-60(82)73-51(58(80)69-47(53(64)75)26-35-21-22-37-14-4-5-15-38(37)25-35)34-84-83-33-50(72-54(76)43(63)28-39-31-66-44-18-8-6-16-41(39)44)59(81)70-48(27-36-13-12-24-65-30-36)56(78)71-49(29-40-32-67-45-19-9-7-17-42(40)45)57(79)68-46(55(77)74-52)20-10-11-23-62/h4-9,12-19,21-22,24-25,30-32,43,46-52,66-67H,10-11,20,23,26-29,33-34,62-63H2,1-3H3,(H2,64,75)(H,68,79)(H,69,80)(H,70,81)(H,71,78)(H,72,76)(H,73,82)(H,74,77)/t43-,46-,47-,48-,49+,50+,51-,52+/m0/s1. The maximum absolute atomic E-state index is 15.0. The molecule has 1 aliphatic heterocycles. The summed E-state index contributed by atoms with van der Waals surface area (Å²) in [5, 5.41) is 23.4. The Kier molecular flexibility index (Phi) is 21.2. The number of hydrogen-bond acceptors (Lipinski definition) is 13. The molecule has 0 unspecified atom stereocenters. The van der Waals surface area contributed by atoms with E-state index in [-0.39, 0.29) is 43.6 Å². The third-order valence-electron chi connectivity index (χ3n) is 14.7. The van der Waals surface area contributed by atoms with E-state index in [9.17, 15) is 38.4 Å². The summed E-state index contributed by atoms with van der Waals surface area (Å²) >= 11 is 0. The third kappa shape index (κ3) is 16.5. The first-order chi connectivity index (χ1) is 40.3. The molecule has 0 bridgehead atoms. The van der Waals surface area contributed by atoms with Gasteiger partial charge in [-0.3, -0.25) is 43.3 Å². The molecule has 23 heteroatoms. The average molecular weight is 1180 g/mol. The van der Waals surface area contributed by atoms with Crippen molar-refractivity contribution in [3.8, 4) is 0 Å². The number of carbonyl (C=O) groups excluding carboxylic acids is 8. The number of para-hydroxylation sites is 2. The van der Waals surface area contributed by atoms with Gasteiger partial charge in [-0.1, -0.05) is 127 Å². The number of primary amides is 1. The van der Waals surface area contributed by atoms with Gasteiger partial charge in [0.15, 0.2) is 0 Å². The minimum Gasteiger partial charge on any atom is -0.368 e. The van der Waals surface area contributed by atoms with Crippen LogP contribution in [0.25, 0.3) is 32.6 Å². The predicted molar refractivity (Wildman–Crippen MR) is 328 cm³/mol. The van der Waals surface area contributed by atoms with Crippen molar-refractivity contribution in [3.63, 3.8) is 0 Å². The average Bonchev–Trinajstić information content (AvgIpc) is 4.23. The molecule has 21 nitrogen and oxygen atoms in total. The summed E-state index contributed by atoms with van der Waals surface area (Å²) in [5.74, 6) is -6.36. The van der Waals surface area contributed by atoms with Crippen molar-refractivity contribution < 1.29 is 38.4 Å². The summed E-state index contributed by atoms with van der Waals surface area (Å²) in [6.07, 6.45) is 7.52. The number of aromatic amines is 2. The van der Waals surface area contributed by atoms with Crippen molar-refractivity contribution in [1.82, 2.24) is 52.2 Å². The fourth-order valence-corrected chi connectivity index (χ4v) is 12.4. The molecule has 0 radical (unpaired) electrons. The number of nitrogens with zero attached hydrogens (tertiary/aromatic N) is 1. The van der Waals surface area contributed by atoms with E-state index in [0.717, 1.165) is 59.7 Å². The van der Waals surface area contributed by atoms with E-state index in [4.69, 9.17) is 17.2 Å². The minimum atomic E-state index is -1.38. The quantitative estimate of drug-likeness (QED) is 0.0461.